The molecule has 0 amide bonds. The highest BCUT2D eigenvalue weighted by atomic mass is 32.2. The molecule has 0 bridgehead atoms. The maximum absolute atomic E-state index is 12.9. The van der Waals surface area contributed by atoms with Crippen LogP contribution in [-0.2, 0) is 14.6 Å². The number of benzene rings is 1. The summed E-state index contributed by atoms with van der Waals surface area (Å²) in [6.45, 7) is 2.26. The van der Waals surface area contributed by atoms with Crippen molar-refractivity contribution in [2.45, 2.75) is 17.9 Å². The van der Waals surface area contributed by atoms with E-state index in [2.05, 4.69) is 0 Å². The van der Waals surface area contributed by atoms with Gasteiger partial charge < -0.3 is 10.5 Å². The maximum atomic E-state index is 12.9. The van der Waals surface area contributed by atoms with Crippen molar-refractivity contribution in [2.75, 3.05) is 18.9 Å². The first-order chi connectivity index (χ1) is 7.99. The van der Waals surface area contributed by atoms with Gasteiger partial charge in [0.2, 0.25) is 0 Å². The van der Waals surface area contributed by atoms with Gasteiger partial charge in [0.1, 0.15) is 5.82 Å². The van der Waals surface area contributed by atoms with Crippen LogP contribution in [0.5, 0.6) is 0 Å². The van der Waals surface area contributed by atoms with Crippen LogP contribution in [0.3, 0.4) is 0 Å². The van der Waals surface area contributed by atoms with Crippen LogP contribution in [0.1, 0.15) is 6.92 Å². The molecule has 4 nitrogen and oxygen atoms in total. The van der Waals surface area contributed by atoms with E-state index >= 15 is 0 Å². The minimum atomic E-state index is -3.56. The molecule has 6 heteroatoms. The molecule has 0 heterocycles. The van der Waals surface area contributed by atoms with E-state index in [1.165, 1.54) is 18.2 Å². The van der Waals surface area contributed by atoms with Crippen LogP contribution in [0.25, 0.3) is 0 Å². The molecule has 2 N–H and O–H groups in total. The van der Waals surface area contributed by atoms with E-state index in [1.807, 2.05) is 0 Å². The average Bonchev–Trinajstić information content (AvgIpc) is 2.28. The van der Waals surface area contributed by atoms with Crippen molar-refractivity contribution in [3.63, 3.8) is 0 Å². The largest absolute Gasteiger partial charge is 0.376 e. The van der Waals surface area contributed by atoms with Gasteiger partial charge in [-0.1, -0.05) is 6.07 Å². The number of nitrogens with two attached hydrogens (primary N) is 1. The van der Waals surface area contributed by atoms with Crippen LogP contribution < -0.4 is 5.73 Å². The SMILES string of the molecule is CCOC(CN)CS(=O)(=O)c1cccc(F)c1. The molecule has 0 radical (unpaired) electrons. The van der Waals surface area contributed by atoms with Crippen molar-refractivity contribution in [3.05, 3.63) is 30.1 Å². The first kappa shape index (κ1) is 14.1. The second kappa shape index (κ2) is 6.09. The smallest absolute Gasteiger partial charge is 0.181 e. The standard InChI is InChI=1S/C11H16FNO3S/c1-2-16-10(7-13)8-17(14,15)11-5-3-4-9(12)6-11/h3-6,10H,2,7-8,13H2,1H3. The lowest BCUT2D eigenvalue weighted by atomic mass is 10.3. The van der Waals surface area contributed by atoms with Gasteiger partial charge in [0.15, 0.2) is 9.84 Å². The highest BCUT2D eigenvalue weighted by Gasteiger charge is 2.21. The highest BCUT2D eigenvalue weighted by Crippen LogP contribution is 2.14. The first-order valence-electron chi connectivity index (χ1n) is 5.29. The summed E-state index contributed by atoms with van der Waals surface area (Å²) >= 11 is 0. The molecule has 0 aliphatic carbocycles. The third-order valence-corrected chi connectivity index (χ3v) is 4.01. The minimum absolute atomic E-state index is 0.0457. The fourth-order valence-corrected chi connectivity index (χ4v) is 2.91. The molecular weight excluding hydrogens is 245 g/mol. The molecule has 0 saturated carbocycles. The normalized spacial score (nSPS) is 13.6. The Kier molecular flexibility index (Phi) is 5.04. The van der Waals surface area contributed by atoms with Crippen LogP contribution in [0.4, 0.5) is 4.39 Å². The third-order valence-electron chi connectivity index (χ3n) is 2.23. The second-order valence-electron chi connectivity index (χ2n) is 3.55. The summed E-state index contributed by atoms with van der Waals surface area (Å²) in [4.78, 5) is -0.0457. The van der Waals surface area contributed by atoms with Crippen LogP contribution in [0.15, 0.2) is 29.2 Å². The van der Waals surface area contributed by atoms with Gasteiger partial charge in [0, 0.05) is 13.2 Å². The van der Waals surface area contributed by atoms with Gasteiger partial charge in [0.25, 0.3) is 0 Å². The average molecular weight is 261 g/mol. The Balaban J connectivity index is 2.88. The molecule has 0 fully saturated rings. The van der Waals surface area contributed by atoms with E-state index in [1.54, 1.807) is 6.92 Å². The summed E-state index contributed by atoms with van der Waals surface area (Å²) < 4.78 is 42.0. The Bertz CT molecular complexity index is 462. The molecule has 0 aromatic heterocycles. The summed E-state index contributed by atoms with van der Waals surface area (Å²) in [5, 5.41) is 0. The number of halogens is 1. The molecule has 1 atom stereocenters. The van der Waals surface area contributed by atoms with Crippen molar-refractivity contribution in [1.29, 1.82) is 0 Å². The molecule has 1 aromatic rings. The van der Waals surface area contributed by atoms with Gasteiger partial charge in [-0.25, -0.2) is 12.8 Å². The minimum Gasteiger partial charge on any atom is -0.376 e. The van der Waals surface area contributed by atoms with Crippen molar-refractivity contribution in [3.8, 4) is 0 Å². The quantitative estimate of drug-likeness (QED) is 0.828. The molecule has 0 aliphatic rings. The number of sulfone groups is 1. The van der Waals surface area contributed by atoms with E-state index < -0.39 is 21.8 Å². The number of rotatable bonds is 6. The Morgan fingerprint density at radius 1 is 1.47 bits per heavy atom. The summed E-state index contributed by atoms with van der Waals surface area (Å²) in [6, 6.07) is 4.91. The monoisotopic (exact) mass is 261 g/mol. The zero-order valence-electron chi connectivity index (χ0n) is 9.60. The van der Waals surface area contributed by atoms with Crippen LogP contribution >= 0.6 is 0 Å². The lowest BCUT2D eigenvalue weighted by Gasteiger charge is -2.14. The van der Waals surface area contributed by atoms with Gasteiger partial charge in [0.05, 0.1) is 16.8 Å². The van der Waals surface area contributed by atoms with Gasteiger partial charge in [-0.2, -0.15) is 0 Å². The molecule has 1 aromatic carbocycles. The number of hydrogen-bond acceptors (Lipinski definition) is 4. The fraction of sp³-hybridized carbons (Fsp3) is 0.455. The Labute approximate surface area is 101 Å². The maximum Gasteiger partial charge on any atom is 0.181 e. The number of hydrogen-bond donors (Lipinski definition) is 1. The Morgan fingerprint density at radius 2 is 2.18 bits per heavy atom. The number of ether oxygens (including phenoxy) is 1. The summed E-state index contributed by atoms with van der Waals surface area (Å²) in [5.41, 5.74) is 5.41. The van der Waals surface area contributed by atoms with Crippen molar-refractivity contribution in [1.82, 2.24) is 0 Å². The van der Waals surface area contributed by atoms with E-state index in [0.717, 1.165) is 6.07 Å². The predicted octanol–water partition coefficient (Wildman–Crippen LogP) is 0.963. The highest BCUT2D eigenvalue weighted by molar-refractivity contribution is 7.91. The summed E-state index contributed by atoms with van der Waals surface area (Å²) in [5.74, 6) is -0.812. The summed E-state index contributed by atoms with van der Waals surface area (Å²) in [7, 11) is -3.56. The zero-order valence-corrected chi connectivity index (χ0v) is 10.4. The molecule has 96 valence electrons. The second-order valence-corrected chi connectivity index (χ2v) is 5.59. The van der Waals surface area contributed by atoms with Crippen molar-refractivity contribution >= 4 is 9.84 Å². The third kappa shape index (κ3) is 4.07. The molecule has 0 aliphatic heterocycles. The lowest BCUT2D eigenvalue weighted by Crippen LogP contribution is -2.31. The van der Waals surface area contributed by atoms with E-state index in [4.69, 9.17) is 10.5 Å². The van der Waals surface area contributed by atoms with Gasteiger partial charge in [-0.3, -0.25) is 0 Å². The van der Waals surface area contributed by atoms with Gasteiger partial charge in [-0.15, -0.1) is 0 Å². The first-order valence-corrected chi connectivity index (χ1v) is 6.94. The van der Waals surface area contributed by atoms with Crippen molar-refractivity contribution in [2.24, 2.45) is 5.73 Å². The molecule has 1 unspecified atom stereocenters. The molecule has 1 rings (SSSR count). The van der Waals surface area contributed by atoms with Gasteiger partial charge in [-0.05, 0) is 25.1 Å². The Morgan fingerprint density at radius 3 is 2.71 bits per heavy atom. The van der Waals surface area contributed by atoms with Crippen LogP contribution in [0, 0.1) is 5.82 Å². The molecule has 17 heavy (non-hydrogen) atoms. The van der Waals surface area contributed by atoms with E-state index in [-0.39, 0.29) is 17.2 Å². The fourth-order valence-electron chi connectivity index (χ4n) is 1.42. The molecular formula is C11H16FNO3S. The van der Waals surface area contributed by atoms with Crippen LogP contribution in [0.2, 0.25) is 0 Å². The van der Waals surface area contributed by atoms with E-state index in [0.29, 0.717) is 6.61 Å². The van der Waals surface area contributed by atoms with Gasteiger partial charge >= 0.3 is 0 Å². The Hall–Kier alpha value is -0.980. The zero-order chi connectivity index (χ0) is 12.9. The lowest BCUT2D eigenvalue weighted by molar-refractivity contribution is 0.0846. The molecule has 0 spiro atoms. The van der Waals surface area contributed by atoms with Crippen molar-refractivity contribution < 1.29 is 17.5 Å². The van der Waals surface area contributed by atoms with Crippen LogP contribution in [-0.4, -0.2) is 33.4 Å². The topological polar surface area (TPSA) is 69.4 Å². The van der Waals surface area contributed by atoms with E-state index in [9.17, 15) is 12.8 Å². The summed E-state index contributed by atoms with van der Waals surface area (Å²) in [6.07, 6.45) is -0.562. The molecule has 0 saturated heterocycles. The predicted molar refractivity (Wildman–Crippen MR) is 62.9 cm³/mol.